The smallest absolute Gasteiger partial charge is 0.287 e. The second-order valence-corrected chi connectivity index (χ2v) is 6.79. The molecule has 2 aliphatic carbocycles. The molecule has 2 aliphatic rings. The zero-order chi connectivity index (χ0) is 15.7. The summed E-state index contributed by atoms with van der Waals surface area (Å²) in [6.45, 7) is 0.401. The van der Waals surface area contributed by atoms with Crippen LogP contribution in [0, 0.1) is 5.41 Å². The van der Waals surface area contributed by atoms with Crippen molar-refractivity contribution in [1.82, 2.24) is 10.2 Å². The van der Waals surface area contributed by atoms with Gasteiger partial charge in [0.2, 0.25) is 5.91 Å². The molecular formula is C17H24N2O3. The summed E-state index contributed by atoms with van der Waals surface area (Å²) >= 11 is 0. The maximum Gasteiger partial charge on any atom is 0.287 e. The molecule has 5 heteroatoms. The van der Waals surface area contributed by atoms with Crippen LogP contribution in [-0.4, -0.2) is 37.4 Å². The summed E-state index contributed by atoms with van der Waals surface area (Å²) in [7, 11) is 3.56. The Labute approximate surface area is 131 Å². The van der Waals surface area contributed by atoms with Crippen molar-refractivity contribution < 1.29 is 14.0 Å². The van der Waals surface area contributed by atoms with E-state index >= 15 is 0 Å². The van der Waals surface area contributed by atoms with E-state index in [4.69, 9.17) is 4.42 Å². The first-order valence-corrected chi connectivity index (χ1v) is 8.13. The molecule has 0 aromatic carbocycles. The molecule has 1 saturated carbocycles. The van der Waals surface area contributed by atoms with Crippen LogP contribution in [0.1, 0.15) is 53.8 Å². The Hall–Kier alpha value is -1.78. The molecule has 1 heterocycles. The zero-order valence-electron chi connectivity index (χ0n) is 13.4. The molecule has 0 unspecified atom stereocenters. The summed E-state index contributed by atoms with van der Waals surface area (Å²) in [5, 5.41) is 2.95. The third-order valence-corrected chi connectivity index (χ3v) is 5.07. The van der Waals surface area contributed by atoms with E-state index in [-0.39, 0.29) is 11.8 Å². The maximum absolute atomic E-state index is 12.5. The summed E-state index contributed by atoms with van der Waals surface area (Å²) in [6.07, 6.45) is 8.49. The number of nitrogens with zero attached hydrogens (tertiary/aromatic N) is 1. The lowest BCUT2D eigenvalue weighted by molar-refractivity contribution is -0.138. The fourth-order valence-electron chi connectivity index (χ4n) is 3.87. The number of hydrogen-bond donors (Lipinski definition) is 1. The van der Waals surface area contributed by atoms with Gasteiger partial charge in [0.15, 0.2) is 5.76 Å². The molecule has 0 atom stereocenters. The first-order chi connectivity index (χ1) is 10.5. The van der Waals surface area contributed by atoms with Crippen LogP contribution in [0.25, 0.3) is 0 Å². The molecule has 3 rings (SSSR count). The van der Waals surface area contributed by atoms with E-state index in [0.29, 0.717) is 12.3 Å². The van der Waals surface area contributed by atoms with Gasteiger partial charge in [0.25, 0.3) is 5.91 Å². The van der Waals surface area contributed by atoms with Crippen LogP contribution in [0.5, 0.6) is 0 Å². The molecule has 120 valence electrons. The molecule has 0 radical (unpaired) electrons. The average molecular weight is 304 g/mol. The fourth-order valence-corrected chi connectivity index (χ4v) is 3.87. The van der Waals surface area contributed by atoms with E-state index < -0.39 is 5.41 Å². The minimum Gasteiger partial charge on any atom is -0.459 e. The van der Waals surface area contributed by atoms with Crippen LogP contribution in [-0.2, 0) is 17.6 Å². The van der Waals surface area contributed by atoms with Crippen LogP contribution in [0.2, 0.25) is 0 Å². The maximum atomic E-state index is 12.5. The largest absolute Gasteiger partial charge is 0.459 e. The van der Waals surface area contributed by atoms with E-state index in [1.807, 2.05) is 0 Å². The summed E-state index contributed by atoms with van der Waals surface area (Å²) < 4.78 is 5.45. The second-order valence-electron chi connectivity index (χ2n) is 6.79. The van der Waals surface area contributed by atoms with Gasteiger partial charge in [-0.2, -0.15) is 0 Å². The SMILES string of the molecule is CN(C)C(=O)C1(CNC(=O)c2occ3c2CCC3)CCCC1. The zero-order valence-corrected chi connectivity index (χ0v) is 13.4. The van der Waals surface area contributed by atoms with Crippen molar-refractivity contribution in [2.24, 2.45) is 5.41 Å². The highest BCUT2D eigenvalue weighted by Crippen LogP contribution is 2.39. The van der Waals surface area contributed by atoms with Gasteiger partial charge in [0.1, 0.15) is 0 Å². The molecule has 1 fully saturated rings. The van der Waals surface area contributed by atoms with Crippen molar-refractivity contribution in [2.75, 3.05) is 20.6 Å². The second kappa shape index (κ2) is 5.78. The summed E-state index contributed by atoms with van der Waals surface area (Å²) in [5.41, 5.74) is 1.77. The van der Waals surface area contributed by atoms with Crippen molar-refractivity contribution in [3.63, 3.8) is 0 Å². The van der Waals surface area contributed by atoms with Crippen molar-refractivity contribution in [3.05, 3.63) is 23.2 Å². The molecule has 1 aromatic rings. The van der Waals surface area contributed by atoms with Gasteiger partial charge < -0.3 is 14.6 Å². The van der Waals surface area contributed by atoms with Crippen LogP contribution >= 0.6 is 0 Å². The molecule has 0 aliphatic heterocycles. The lowest BCUT2D eigenvalue weighted by Gasteiger charge is -2.30. The number of carbonyl (C=O) groups is 2. The quantitative estimate of drug-likeness (QED) is 0.927. The van der Waals surface area contributed by atoms with Crippen LogP contribution < -0.4 is 5.32 Å². The highest BCUT2D eigenvalue weighted by atomic mass is 16.3. The molecular weight excluding hydrogens is 280 g/mol. The average Bonchev–Trinajstić information content (AvgIpc) is 3.20. The summed E-state index contributed by atoms with van der Waals surface area (Å²) in [5.74, 6) is 0.383. The number of hydrogen-bond acceptors (Lipinski definition) is 3. The molecule has 2 amide bonds. The molecule has 1 N–H and O–H groups in total. The van der Waals surface area contributed by atoms with Gasteiger partial charge in [-0.25, -0.2) is 0 Å². The Balaban J connectivity index is 1.70. The lowest BCUT2D eigenvalue weighted by atomic mass is 9.84. The molecule has 1 aromatic heterocycles. The van der Waals surface area contributed by atoms with E-state index in [0.717, 1.165) is 56.1 Å². The monoisotopic (exact) mass is 304 g/mol. The van der Waals surface area contributed by atoms with Crippen molar-refractivity contribution in [2.45, 2.75) is 44.9 Å². The first-order valence-electron chi connectivity index (χ1n) is 8.13. The molecule has 22 heavy (non-hydrogen) atoms. The van der Waals surface area contributed by atoms with Crippen molar-refractivity contribution >= 4 is 11.8 Å². The number of rotatable bonds is 4. The normalized spacial score (nSPS) is 19.0. The Bertz CT molecular complexity index is 583. The van der Waals surface area contributed by atoms with Gasteiger partial charge in [-0.05, 0) is 37.7 Å². The Morgan fingerprint density at radius 1 is 1.23 bits per heavy atom. The van der Waals surface area contributed by atoms with Gasteiger partial charge in [-0.1, -0.05) is 12.8 Å². The standard InChI is InChI=1S/C17H24N2O3/c1-19(2)16(21)17(8-3-4-9-17)11-18-15(20)14-13-7-5-6-12(13)10-22-14/h10H,3-9,11H2,1-2H3,(H,18,20). The van der Waals surface area contributed by atoms with Gasteiger partial charge in [0.05, 0.1) is 11.7 Å². The highest BCUT2D eigenvalue weighted by molar-refractivity contribution is 5.94. The van der Waals surface area contributed by atoms with Gasteiger partial charge >= 0.3 is 0 Å². The topological polar surface area (TPSA) is 62.6 Å². The van der Waals surface area contributed by atoms with E-state index in [9.17, 15) is 9.59 Å². The fraction of sp³-hybridized carbons (Fsp3) is 0.647. The predicted octanol–water partition coefficient (Wildman–Crippen LogP) is 2.15. The Morgan fingerprint density at radius 2 is 1.95 bits per heavy atom. The number of amides is 2. The minimum atomic E-state index is -0.436. The first kappa shape index (κ1) is 15.1. The number of furan rings is 1. The summed E-state index contributed by atoms with van der Waals surface area (Å²) in [6, 6.07) is 0. The predicted molar refractivity (Wildman–Crippen MR) is 82.7 cm³/mol. The van der Waals surface area contributed by atoms with Crippen LogP contribution in [0.3, 0.4) is 0 Å². The molecule has 0 saturated heterocycles. The highest BCUT2D eigenvalue weighted by Gasteiger charge is 2.42. The van der Waals surface area contributed by atoms with Gasteiger partial charge in [0, 0.05) is 26.2 Å². The number of aryl methyl sites for hydroxylation is 1. The number of fused-ring (bicyclic) bond motifs is 1. The van der Waals surface area contributed by atoms with Crippen LogP contribution in [0.15, 0.2) is 10.7 Å². The lowest BCUT2D eigenvalue weighted by Crippen LogP contribution is -2.46. The van der Waals surface area contributed by atoms with E-state index in [1.165, 1.54) is 0 Å². The third-order valence-electron chi connectivity index (χ3n) is 5.07. The molecule has 0 spiro atoms. The van der Waals surface area contributed by atoms with E-state index in [2.05, 4.69) is 5.32 Å². The minimum absolute atomic E-state index is 0.120. The van der Waals surface area contributed by atoms with Crippen molar-refractivity contribution in [3.8, 4) is 0 Å². The van der Waals surface area contributed by atoms with Gasteiger partial charge in [-0.15, -0.1) is 0 Å². The number of carbonyl (C=O) groups excluding carboxylic acids is 2. The Kier molecular flexibility index (Phi) is 3.98. The number of nitrogens with one attached hydrogen (secondary N) is 1. The summed E-state index contributed by atoms with van der Waals surface area (Å²) in [4.78, 5) is 26.6. The van der Waals surface area contributed by atoms with Crippen molar-refractivity contribution in [1.29, 1.82) is 0 Å². The molecule has 0 bridgehead atoms. The third kappa shape index (κ3) is 2.53. The van der Waals surface area contributed by atoms with E-state index in [1.54, 1.807) is 25.3 Å². The molecule has 5 nitrogen and oxygen atoms in total. The van der Waals surface area contributed by atoms with Crippen LogP contribution in [0.4, 0.5) is 0 Å². The van der Waals surface area contributed by atoms with Gasteiger partial charge in [-0.3, -0.25) is 9.59 Å². The Morgan fingerprint density at radius 3 is 2.64 bits per heavy atom.